The molecule has 0 fully saturated rings. The lowest BCUT2D eigenvalue weighted by atomic mass is 10.1. The van der Waals surface area contributed by atoms with Crippen molar-refractivity contribution in [3.8, 4) is 34.1 Å². The van der Waals surface area contributed by atoms with Crippen LogP contribution in [-0.2, 0) is 0 Å². The monoisotopic (exact) mass is 366 g/mol. The summed E-state index contributed by atoms with van der Waals surface area (Å²) in [6.45, 7) is 0.237. The smallest absolute Gasteiger partial charge is 0.231 e. The maximum atomic E-state index is 5.51. The zero-order valence-electron chi connectivity index (χ0n) is 14.7. The van der Waals surface area contributed by atoms with Gasteiger partial charge in [-0.3, -0.25) is 0 Å². The van der Waals surface area contributed by atoms with Crippen molar-refractivity contribution in [3.05, 3.63) is 72.8 Å². The quantitative estimate of drug-likeness (QED) is 0.465. The molecule has 6 rings (SSSR count). The Morgan fingerprint density at radius 1 is 0.714 bits per heavy atom. The highest BCUT2D eigenvalue weighted by molar-refractivity contribution is 6.01. The summed E-state index contributed by atoms with van der Waals surface area (Å²) in [7, 11) is 0. The third-order valence-corrected chi connectivity index (χ3v) is 4.94. The molecule has 134 valence electrons. The standard InChI is InChI=1S/C22H14N4O2/c1-2-6-14(7-3-1)20-16-8-4-5-9-17(16)22-24-23-21(26(22)25-20)15-10-11-18-19(12-15)28-13-27-18/h1-12H,13H2. The van der Waals surface area contributed by atoms with Gasteiger partial charge in [0.2, 0.25) is 6.79 Å². The summed E-state index contributed by atoms with van der Waals surface area (Å²) < 4.78 is 12.7. The van der Waals surface area contributed by atoms with Crippen molar-refractivity contribution >= 4 is 16.4 Å². The minimum atomic E-state index is 0.237. The van der Waals surface area contributed by atoms with Gasteiger partial charge in [0, 0.05) is 21.9 Å². The molecule has 3 aromatic carbocycles. The molecule has 6 nitrogen and oxygen atoms in total. The summed E-state index contributed by atoms with van der Waals surface area (Å²) in [4.78, 5) is 0. The molecule has 6 heteroatoms. The summed E-state index contributed by atoms with van der Waals surface area (Å²) in [6, 6.07) is 24.0. The first kappa shape index (κ1) is 15.2. The van der Waals surface area contributed by atoms with E-state index in [1.807, 2.05) is 53.0 Å². The van der Waals surface area contributed by atoms with Crippen molar-refractivity contribution in [2.45, 2.75) is 0 Å². The van der Waals surface area contributed by atoms with Crippen molar-refractivity contribution in [2.24, 2.45) is 0 Å². The molecule has 0 aliphatic carbocycles. The molecule has 0 unspecified atom stereocenters. The first-order valence-corrected chi connectivity index (χ1v) is 8.98. The van der Waals surface area contributed by atoms with Gasteiger partial charge in [-0.15, -0.1) is 10.2 Å². The van der Waals surface area contributed by atoms with E-state index in [4.69, 9.17) is 14.6 Å². The average molecular weight is 366 g/mol. The fourth-order valence-electron chi connectivity index (χ4n) is 3.61. The van der Waals surface area contributed by atoms with E-state index in [1.54, 1.807) is 0 Å². The molecule has 3 heterocycles. The SMILES string of the molecule is c1ccc(-c2nn3c(-c4ccc5c(c4)OCO5)nnc3c3ccccc23)cc1. The minimum Gasteiger partial charge on any atom is -0.454 e. The van der Waals surface area contributed by atoms with Gasteiger partial charge in [0.1, 0.15) is 0 Å². The molecular weight excluding hydrogens is 352 g/mol. The number of rotatable bonds is 2. The number of hydrogen-bond donors (Lipinski definition) is 0. The van der Waals surface area contributed by atoms with E-state index in [2.05, 4.69) is 34.5 Å². The highest BCUT2D eigenvalue weighted by Crippen LogP contribution is 2.36. The summed E-state index contributed by atoms with van der Waals surface area (Å²) in [5, 5.41) is 15.8. The van der Waals surface area contributed by atoms with Crippen molar-refractivity contribution in [2.75, 3.05) is 6.79 Å². The van der Waals surface area contributed by atoms with Crippen LogP contribution in [0, 0.1) is 0 Å². The van der Waals surface area contributed by atoms with Crippen LogP contribution in [0.15, 0.2) is 72.8 Å². The Morgan fingerprint density at radius 2 is 1.50 bits per heavy atom. The largest absolute Gasteiger partial charge is 0.454 e. The third-order valence-electron chi connectivity index (χ3n) is 4.94. The lowest BCUT2D eigenvalue weighted by molar-refractivity contribution is 0.174. The molecule has 28 heavy (non-hydrogen) atoms. The maximum absolute atomic E-state index is 5.51. The molecule has 1 aliphatic rings. The second-order valence-electron chi connectivity index (χ2n) is 6.59. The van der Waals surface area contributed by atoms with E-state index in [9.17, 15) is 0 Å². The van der Waals surface area contributed by atoms with Crippen molar-refractivity contribution in [1.82, 2.24) is 19.8 Å². The molecule has 0 N–H and O–H groups in total. The second kappa shape index (κ2) is 5.79. The lowest BCUT2D eigenvalue weighted by Gasteiger charge is -2.09. The van der Waals surface area contributed by atoms with E-state index in [0.717, 1.165) is 39.0 Å². The topological polar surface area (TPSA) is 61.5 Å². The molecule has 0 saturated heterocycles. The summed E-state index contributed by atoms with van der Waals surface area (Å²) in [6.07, 6.45) is 0. The summed E-state index contributed by atoms with van der Waals surface area (Å²) >= 11 is 0. The highest BCUT2D eigenvalue weighted by Gasteiger charge is 2.19. The van der Waals surface area contributed by atoms with Gasteiger partial charge in [-0.2, -0.15) is 9.61 Å². The molecule has 1 aliphatic heterocycles. The first-order valence-electron chi connectivity index (χ1n) is 8.98. The predicted molar refractivity (Wildman–Crippen MR) is 105 cm³/mol. The molecule has 5 aromatic rings. The zero-order chi connectivity index (χ0) is 18.5. The molecule has 2 aromatic heterocycles. The Balaban J connectivity index is 1.66. The van der Waals surface area contributed by atoms with Gasteiger partial charge < -0.3 is 9.47 Å². The van der Waals surface area contributed by atoms with Crippen LogP contribution in [0.3, 0.4) is 0 Å². The van der Waals surface area contributed by atoms with Crippen molar-refractivity contribution in [3.63, 3.8) is 0 Å². The maximum Gasteiger partial charge on any atom is 0.231 e. The van der Waals surface area contributed by atoms with Gasteiger partial charge in [-0.1, -0.05) is 54.6 Å². The van der Waals surface area contributed by atoms with Crippen LogP contribution in [0.1, 0.15) is 0 Å². The van der Waals surface area contributed by atoms with Crippen LogP contribution in [0.5, 0.6) is 11.5 Å². The van der Waals surface area contributed by atoms with Crippen molar-refractivity contribution in [1.29, 1.82) is 0 Å². The number of ether oxygens (including phenoxy) is 2. The van der Waals surface area contributed by atoms with Gasteiger partial charge in [-0.25, -0.2) is 0 Å². The van der Waals surface area contributed by atoms with Gasteiger partial charge in [0.15, 0.2) is 23.0 Å². The number of nitrogens with zero attached hydrogens (tertiary/aromatic N) is 4. The number of fused-ring (bicyclic) bond motifs is 4. The summed E-state index contributed by atoms with van der Waals surface area (Å²) in [5.41, 5.74) is 3.54. The van der Waals surface area contributed by atoms with Gasteiger partial charge >= 0.3 is 0 Å². The number of benzene rings is 3. The normalized spacial score (nSPS) is 12.7. The molecule has 0 spiro atoms. The minimum absolute atomic E-state index is 0.237. The number of hydrogen-bond acceptors (Lipinski definition) is 5. The molecule has 0 saturated carbocycles. The Morgan fingerprint density at radius 3 is 2.39 bits per heavy atom. The average Bonchev–Trinajstić information content (AvgIpc) is 3.40. The van der Waals surface area contributed by atoms with Crippen LogP contribution in [0.4, 0.5) is 0 Å². The van der Waals surface area contributed by atoms with Crippen LogP contribution in [0.2, 0.25) is 0 Å². The van der Waals surface area contributed by atoms with Crippen molar-refractivity contribution < 1.29 is 9.47 Å². The Bertz CT molecular complexity index is 1350. The van der Waals surface area contributed by atoms with Crippen LogP contribution < -0.4 is 9.47 Å². The van der Waals surface area contributed by atoms with E-state index in [1.165, 1.54) is 0 Å². The Hall–Kier alpha value is -3.93. The molecule has 0 bridgehead atoms. The zero-order valence-corrected chi connectivity index (χ0v) is 14.7. The second-order valence-corrected chi connectivity index (χ2v) is 6.59. The van der Waals surface area contributed by atoms with E-state index < -0.39 is 0 Å². The molecule has 0 atom stereocenters. The molecule has 0 amide bonds. The Labute approximate surface area is 160 Å². The fourth-order valence-corrected chi connectivity index (χ4v) is 3.61. The van der Waals surface area contributed by atoms with Gasteiger partial charge in [0.25, 0.3) is 0 Å². The number of aromatic nitrogens is 4. The van der Waals surface area contributed by atoms with E-state index in [-0.39, 0.29) is 6.79 Å². The molecule has 0 radical (unpaired) electrons. The van der Waals surface area contributed by atoms with Crippen LogP contribution in [0.25, 0.3) is 39.1 Å². The van der Waals surface area contributed by atoms with Crippen LogP contribution >= 0.6 is 0 Å². The lowest BCUT2D eigenvalue weighted by Crippen LogP contribution is -1.99. The summed E-state index contributed by atoms with van der Waals surface area (Å²) in [5.74, 6) is 2.11. The molecular formula is C22H14N4O2. The Kier molecular flexibility index (Phi) is 3.13. The van der Waals surface area contributed by atoms with Gasteiger partial charge in [-0.05, 0) is 18.2 Å². The van der Waals surface area contributed by atoms with Gasteiger partial charge in [0.05, 0.1) is 5.69 Å². The fraction of sp³-hybridized carbons (Fsp3) is 0.0455. The van der Waals surface area contributed by atoms with Crippen LogP contribution in [-0.4, -0.2) is 26.6 Å². The first-order chi connectivity index (χ1) is 13.9. The van der Waals surface area contributed by atoms with E-state index in [0.29, 0.717) is 11.6 Å². The highest BCUT2D eigenvalue weighted by atomic mass is 16.7. The predicted octanol–water partition coefficient (Wildman–Crippen LogP) is 4.34. The third kappa shape index (κ3) is 2.18. The van der Waals surface area contributed by atoms with E-state index >= 15 is 0 Å².